The molecule has 2 N–H and O–H groups in total. The first kappa shape index (κ1) is 10.9. The van der Waals surface area contributed by atoms with Crippen LogP contribution in [-0.2, 0) is 4.79 Å². The van der Waals surface area contributed by atoms with Gasteiger partial charge in [-0.2, -0.15) is 0 Å². The molecule has 0 fully saturated rings. The molecule has 2 rings (SSSR count). The molecule has 0 spiro atoms. The summed E-state index contributed by atoms with van der Waals surface area (Å²) in [6.07, 6.45) is -0.688. The number of carbonyl (C=O) groups is 2. The SMILES string of the molecule is CC1Oc2c(cc(Br)cc2C(=O)O)NC1=O. The number of fused-ring (bicyclic) bond motifs is 1. The van der Waals surface area contributed by atoms with Crippen LogP contribution in [-0.4, -0.2) is 23.1 Å². The second-order valence-electron chi connectivity index (χ2n) is 3.38. The van der Waals surface area contributed by atoms with E-state index in [0.29, 0.717) is 10.2 Å². The predicted octanol–water partition coefficient (Wildman–Crippen LogP) is 1.87. The largest absolute Gasteiger partial charge is 0.478 e. The minimum Gasteiger partial charge on any atom is -0.478 e. The van der Waals surface area contributed by atoms with Gasteiger partial charge in [-0.05, 0) is 19.1 Å². The molecule has 0 aliphatic carbocycles. The Bertz CT molecular complexity index is 486. The lowest BCUT2D eigenvalue weighted by atomic mass is 10.1. The Hall–Kier alpha value is -1.56. The summed E-state index contributed by atoms with van der Waals surface area (Å²) >= 11 is 3.17. The van der Waals surface area contributed by atoms with E-state index in [0.717, 1.165) is 0 Å². The van der Waals surface area contributed by atoms with E-state index >= 15 is 0 Å². The highest BCUT2D eigenvalue weighted by atomic mass is 79.9. The number of amides is 1. The molecule has 1 amide bonds. The Morgan fingerprint density at radius 3 is 2.88 bits per heavy atom. The van der Waals surface area contributed by atoms with E-state index in [-0.39, 0.29) is 17.2 Å². The van der Waals surface area contributed by atoms with Gasteiger partial charge in [0.15, 0.2) is 11.9 Å². The number of ether oxygens (including phenoxy) is 1. The van der Waals surface area contributed by atoms with E-state index in [9.17, 15) is 9.59 Å². The van der Waals surface area contributed by atoms with Gasteiger partial charge >= 0.3 is 5.97 Å². The van der Waals surface area contributed by atoms with Gasteiger partial charge in [0.1, 0.15) is 5.56 Å². The molecule has 5 nitrogen and oxygen atoms in total. The molecular formula is C10H8BrNO4. The molecule has 1 aromatic rings. The molecule has 1 aliphatic heterocycles. The molecule has 0 saturated carbocycles. The number of hydrogen-bond donors (Lipinski definition) is 2. The third-order valence-corrected chi connectivity index (χ3v) is 2.66. The maximum absolute atomic E-state index is 11.4. The highest BCUT2D eigenvalue weighted by molar-refractivity contribution is 9.10. The number of rotatable bonds is 1. The number of carbonyl (C=O) groups excluding carboxylic acids is 1. The zero-order valence-electron chi connectivity index (χ0n) is 8.28. The number of carboxylic acid groups (broad SMARTS) is 1. The first-order chi connectivity index (χ1) is 7.49. The van der Waals surface area contributed by atoms with Gasteiger partial charge in [0.2, 0.25) is 0 Å². The van der Waals surface area contributed by atoms with E-state index in [1.54, 1.807) is 13.0 Å². The summed E-state index contributed by atoms with van der Waals surface area (Å²) in [6, 6.07) is 3.04. The fourth-order valence-electron chi connectivity index (χ4n) is 1.44. The Kier molecular flexibility index (Phi) is 2.59. The van der Waals surface area contributed by atoms with Crippen molar-refractivity contribution in [3.63, 3.8) is 0 Å². The normalized spacial score (nSPS) is 18.4. The van der Waals surface area contributed by atoms with Gasteiger partial charge < -0.3 is 15.2 Å². The quantitative estimate of drug-likeness (QED) is 0.826. The highest BCUT2D eigenvalue weighted by Gasteiger charge is 2.28. The Morgan fingerprint density at radius 2 is 2.25 bits per heavy atom. The van der Waals surface area contributed by atoms with Crippen molar-refractivity contribution in [3.8, 4) is 5.75 Å². The van der Waals surface area contributed by atoms with E-state index in [2.05, 4.69) is 21.2 Å². The predicted molar refractivity (Wildman–Crippen MR) is 59.8 cm³/mol. The Morgan fingerprint density at radius 1 is 1.56 bits per heavy atom. The third-order valence-electron chi connectivity index (χ3n) is 2.21. The molecule has 0 radical (unpaired) electrons. The minimum atomic E-state index is -1.10. The molecule has 16 heavy (non-hydrogen) atoms. The van der Waals surface area contributed by atoms with Gasteiger partial charge in [0, 0.05) is 4.47 Å². The smallest absolute Gasteiger partial charge is 0.339 e. The van der Waals surface area contributed by atoms with E-state index in [1.807, 2.05) is 0 Å². The van der Waals surface area contributed by atoms with Gasteiger partial charge in [-0.25, -0.2) is 4.79 Å². The molecule has 0 aromatic heterocycles. The van der Waals surface area contributed by atoms with Crippen molar-refractivity contribution in [2.75, 3.05) is 5.32 Å². The molecule has 84 valence electrons. The molecule has 1 aromatic carbocycles. The molecule has 1 aliphatic rings. The zero-order valence-corrected chi connectivity index (χ0v) is 9.87. The number of hydrogen-bond acceptors (Lipinski definition) is 3. The van der Waals surface area contributed by atoms with Crippen molar-refractivity contribution >= 4 is 33.5 Å². The molecule has 1 atom stereocenters. The number of carboxylic acids is 1. The summed E-state index contributed by atoms with van der Waals surface area (Å²) < 4.78 is 5.85. The van der Waals surface area contributed by atoms with Crippen LogP contribution < -0.4 is 10.1 Å². The van der Waals surface area contributed by atoms with Gasteiger partial charge in [-0.3, -0.25) is 4.79 Å². The number of nitrogens with one attached hydrogen (secondary N) is 1. The first-order valence-corrected chi connectivity index (χ1v) is 5.32. The summed E-state index contributed by atoms with van der Waals surface area (Å²) in [4.78, 5) is 22.4. The van der Waals surface area contributed by atoms with Crippen molar-refractivity contribution in [1.29, 1.82) is 0 Å². The van der Waals surface area contributed by atoms with Crippen LogP contribution in [0.15, 0.2) is 16.6 Å². The average Bonchev–Trinajstić information content (AvgIpc) is 2.19. The van der Waals surface area contributed by atoms with Gasteiger partial charge in [-0.1, -0.05) is 15.9 Å². The van der Waals surface area contributed by atoms with Crippen molar-refractivity contribution < 1.29 is 19.4 Å². The molecule has 0 saturated heterocycles. The van der Waals surface area contributed by atoms with Crippen LogP contribution in [0.1, 0.15) is 17.3 Å². The van der Waals surface area contributed by atoms with Crippen LogP contribution in [0.3, 0.4) is 0 Å². The molecule has 6 heteroatoms. The lowest BCUT2D eigenvalue weighted by Gasteiger charge is -2.24. The Labute approximate surface area is 99.5 Å². The van der Waals surface area contributed by atoms with Crippen molar-refractivity contribution in [2.24, 2.45) is 0 Å². The number of aromatic carboxylic acids is 1. The minimum absolute atomic E-state index is 0.0243. The summed E-state index contributed by atoms with van der Waals surface area (Å²) in [5.41, 5.74) is 0.395. The number of benzene rings is 1. The lowest BCUT2D eigenvalue weighted by molar-refractivity contribution is -0.122. The summed E-state index contributed by atoms with van der Waals surface area (Å²) in [5, 5.41) is 11.6. The third kappa shape index (κ3) is 1.76. The molecule has 1 heterocycles. The monoisotopic (exact) mass is 285 g/mol. The van der Waals surface area contributed by atoms with Crippen LogP contribution in [0.5, 0.6) is 5.75 Å². The molecular weight excluding hydrogens is 278 g/mol. The van der Waals surface area contributed by atoms with Crippen LogP contribution in [0.2, 0.25) is 0 Å². The van der Waals surface area contributed by atoms with E-state index in [4.69, 9.17) is 9.84 Å². The van der Waals surface area contributed by atoms with Crippen LogP contribution in [0, 0.1) is 0 Å². The van der Waals surface area contributed by atoms with E-state index in [1.165, 1.54) is 6.07 Å². The molecule has 0 bridgehead atoms. The first-order valence-electron chi connectivity index (χ1n) is 4.53. The average molecular weight is 286 g/mol. The van der Waals surface area contributed by atoms with Crippen LogP contribution >= 0.6 is 15.9 Å². The van der Waals surface area contributed by atoms with Crippen LogP contribution in [0.25, 0.3) is 0 Å². The summed E-state index contributed by atoms with van der Waals surface area (Å²) in [5.74, 6) is -1.19. The van der Waals surface area contributed by atoms with Crippen LogP contribution in [0.4, 0.5) is 5.69 Å². The van der Waals surface area contributed by atoms with Gasteiger partial charge in [0.05, 0.1) is 5.69 Å². The maximum Gasteiger partial charge on any atom is 0.339 e. The fourth-order valence-corrected chi connectivity index (χ4v) is 1.89. The summed E-state index contributed by atoms with van der Waals surface area (Å²) in [7, 11) is 0. The zero-order chi connectivity index (χ0) is 11.9. The lowest BCUT2D eigenvalue weighted by Crippen LogP contribution is -2.35. The Balaban J connectivity index is 2.59. The maximum atomic E-state index is 11.4. The van der Waals surface area contributed by atoms with Crippen molar-refractivity contribution in [1.82, 2.24) is 0 Å². The highest BCUT2D eigenvalue weighted by Crippen LogP contribution is 2.36. The van der Waals surface area contributed by atoms with Gasteiger partial charge in [0.25, 0.3) is 5.91 Å². The fraction of sp³-hybridized carbons (Fsp3) is 0.200. The molecule has 1 unspecified atom stereocenters. The van der Waals surface area contributed by atoms with Crippen molar-refractivity contribution in [3.05, 3.63) is 22.2 Å². The number of anilines is 1. The standard InChI is InChI=1S/C10H8BrNO4/c1-4-9(13)12-7-3-5(11)2-6(10(14)15)8(7)16-4/h2-4H,1H3,(H,12,13)(H,14,15). The van der Waals surface area contributed by atoms with E-state index < -0.39 is 12.1 Å². The topological polar surface area (TPSA) is 75.6 Å². The van der Waals surface area contributed by atoms with Gasteiger partial charge in [-0.15, -0.1) is 0 Å². The number of halogens is 1. The second kappa shape index (κ2) is 3.79. The summed E-state index contributed by atoms with van der Waals surface area (Å²) in [6.45, 7) is 1.56. The second-order valence-corrected chi connectivity index (χ2v) is 4.30. The van der Waals surface area contributed by atoms with Crippen molar-refractivity contribution in [2.45, 2.75) is 13.0 Å².